The molecule has 1 rings (SSSR count). The molecule has 18 heavy (non-hydrogen) atoms. The van der Waals surface area contributed by atoms with Gasteiger partial charge in [0, 0.05) is 4.90 Å². The molecule has 0 radical (unpaired) electrons. The van der Waals surface area contributed by atoms with Gasteiger partial charge < -0.3 is 4.74 Å². The molecule has 1 aromatic rings. The number of benzene rings is 1. The van der Waals surface area contributed by atoms with E-state index in [1.807, 2.05) is 39.8 Å². The van der Waals surface area contributed by atoms with Gasteiger partial charge in [0.2, 0.25) is 0 Å². The van der Waals surface area contributed by atoms with Crippen molar-refractivity contribution in [1.82, 2.24) is 0 Å². The van der Waals surface area contributed by atoms with E-state index in [9.17, 15) is 4.79 Å². The van der Waals surface area contributed by atoms with Crippen LogP contribution in [0.4, 0.5) is 0 Å². The lowest BCUT2D eigenvalue weighted by atomic mass is 10.2. The number of hydrogen-bond donors (Lipinski definition) is 0. The van der Waals surface area contributed by atoms with Crippen LogP contribution in [0.15, 0.2) is 29.2 Å². The number of carbonyl (C=O) groups excluding carboxylic acids is 1. The maximum absolute atomic E-state index is 11.8. The molecule has 3 nitrogen and oxygen atoms in total. The summed E-state index contributed by atoms with van der Waals surface area (Å²) >= 11 is 1.43. The van der Waals surface area contributed by atoms with E-state index in [2.05, 4.69) is 6.07 Å². The first-order chi connectivity index (χ1) is 8.31. The van der Waals surface area contributed by atoms with E-state index in [-0.39, 0.29) is 11.2 Å². The zero-order valence-electron chi connectivity index (χ0n) is 11.1. The normalized spacial score (nSPS) is 12.6. The Labute approximate surface area is 112 Å². The summed E-state index contributed by atoms with van der Waals surface area (Å²) in [5.74, 6) is -0.225. The maximum Gasteiger partial charge on any atom is 0.319 e. The quantitative estimate of drug-likeness (QED) is 0.619. The topological polar surface area (TPSA) is 50.1 Å². The number of esters is 1. The molecular formula is C14H17NO2S. The van der Waals surface area contributed by atoms with Gasteiger partial charge in [0.25, 0.3) is 0 Å². The molecule has 0 aromatic heterocycles. The number of thioether (sulfide) groups is 1. The van der Waals surface area contributed by atoms with E-state index in [1.54, 1.807) is 12.1 Å². The van der Waals surface area contributed by atoms with Crippen LogP contribution >= 0.6 is 11.8 Å². The molecule has 1 unspecified atom stereocenters. The number of nitrogens with zero attached hydrogens (tertiary/aromatic N) is 1. The lowest BCUT2D eigenvalue weighted by Crippen LogP contribution is -2.28. The van der Waals surface area contributed by atoms with Crippen LogP contribution in [-0.4, -0.2) is 16.8 Å². The third-order valence-electron chi connectivity index (χ3n) is 2.03. The van der Waals surface area contributed by atoms with Crippen molar-refractivity contribution in [3.05, 3.63) is 29.8 Å². The fraction of sp³-hybridized carbons (Fsp3) is 0.429. The van der Waals surface area contributed by atoms with Crippen molar-refractivity contribution in [2.45, 2.75) is 43.4 Å². The molecule has 1 aromatic carbocycles. The second kappa shape index (κ2) is 5.92. The summed E-state index contributed by atoms with van der Waals surface area (Å²) in [7, 11) is 0. The molecule has 0 spiro atoms. The molecule has 0 aliphatic carbocycles. The van der Waals surface area contributed by atoms with Gasteiger partial charge in [0.15, 0.2) is 0 Å². The number of nitriles is 1. The predicted molar refractivity (Wildman–Crippen MR) is 72.3 cm³/mol. The Kier molecular flexibility index (Phi) is 4.80. The summed E-state index contributed by atoms with van der Waals surface area (Å²) < 4.78 is 5.30. The van der Waals surface area contributed by atoms with Crippen LogP contribution in [0.25, 0.3) is 0 Å². The molecule has 1 atom stereocenters. The minimum atomic E-state index is -0.462. The Bertz CT molecular complexity index is 454. The molecule has 0 amide bonds. The van der Waals surface area contributed by atoms with Crippen LogP contribution in [0.5, 0.6) is 0 Å². The zero-order valence-corrected chi connectivity index (χ0v) is 11.9. The van der Waals surface area contributed by atoms with E-state index in [0.717, 1.165) is 4.90 Å². The number of ether oxygens (including phenoxy) is 1. The monoisotopic (exact) mass is 263 g/mol. The first-order valence-corrected chi connectivity index (χ1v) is 6.59. The highest BCUT2D eigenvalue weighted by molar-refractivity contribution is 8.00. The minimum Gasteiger partial charge on any atom is -0.459 e. The Morgan fingerprint density at radius 1 is 1.33 bits per heavy atom. The summed E-state index contributed by atoms with van der Waals surface area (Å²) in [5, 5.41) is 8.43. The van der Waals surface area contributed by atoms with E-state index in [4.69, 9.17) is 10.00 Å². The molecular weight excluding hydrogens is 246 g/mol. The van der Waals surface area contributed by atoms with Crippen LogP contribution < -0.4 is 0 Å². The molecule has 0 aliphatic rings. The molecule has 0 aliphatic heterocycles. The van der Waals surface area contributed by atoms with Crippen molar-refractivity contribution in [2.24, 2.45) is 0 Å². The van der Waals surface area contributed by atoms with Crippen LogP contribution in [0.2, 0.25) is 0 Å². The third kappa shape index (κ3) is 4.80. The highest BCUT2D eigenvalue weighted by atomic mass is 32.2. The Morgan fingerprint density at radius 2 is 1.89 bits per heavy atom. The van der Waals surface area contributed by atoms with Gasteiger partial charge >= 0.3 is 5.97 Å². The van der Waals surface area contributed by atoms with Gasteiger partial charge in [-0.15, -0.1) is 11.8 Å². The van der Waals surface area contributed by atoms with Gasteiger partial charge in [0.1, 0.15) is 10.9 Å². The molecule has 0 bridgehead atoms. The Balaban J connectivity index is 2.61. The van der Waals surface area contributed by atoms with Crippen LogP contribution in [0, 0.1) is 11.3 Å². The van der Waals surface area contributed by atoms with Gasteiger partial charge in [-0.1, -0.05) is 0 Å². The predicted octanol–water partition coefficient (Wildman–Crippen LogP) is 3.38. The number of hydrogen-bond acceptors (Lipinski definition) is 4. The molecule has 0 heterocycles. The molecule has 0 fully saturated rings. The smallest absolute Gasteiger partial charge is 0.319 e. The minimum absolute atomic E-state index is 0.225. The van der Waals surface area contributed by atoms with E-state index in [0.29, 0.717) is 5.56 Å². The van der Waals surface area contributed by atoms with Crippen molar-refractivity contribution in [2.75, 3.05) is 0 Å². The van der Waals surface area contributed by atoms with Gasteiger partial charge in [-0.25, -0.2) is 0 Å². The lowest BCUT2D eigenvalue weighted by Gasteiger charge is -2.22. The summed E-state index contributed by atoms with van der Waals surface area (Å²) in [5.41, 5.74) is 0.153. The molecule has 0 saturated heterocycles. The van der Waals surface area contributed by atoms with Crippen molar-refractivity contribution >= 4 is 17.7 Å². The summed E-state index contributed by atoms with van der Waals surface area (Å²) in [6, 6.07) is 9.22. The molecule has 0 saturated carbocycles. The lowest BCUT2D eigenvalue weighted by molar-refractivity contribution is -0.153. The summed E-state index contributed by atoms with van der Waals surface area (Å²) in [6.07, 6.45) is 0. The fourth-order valence-electron chi connectivity index (χ4n) is 1.25. The zero-order chi connectivity index (χ0) is 13.8. The van der Waals surface area contributed by atoms with E-state index in [1.165, 1.54) is 11.8 Å². The Hall–Kier alpha value is -1.47. The molecule has 0 N–H and O–H groups in total. The second-order valence-corrected chi connectivity index (χ2v) is 6.34. The first-order valence-electron chi connectivity index (χ1n) is 5.71. The second-order valence-electron chi connectivity index (χ2n) is 4.93. The third-order valence-corrected chi connectivity index (χ3v) is 3.13. The molecule has 96 valence electrons. The van der Waals surface area contributed by atoms with Crippen LogP contribution in [0.1, 0.15) is 33.3 Å². The first kappa shape index (κ1) is 14.6. The average molecular weight is 263 g/mol. The van der Waals surface area contributed by atoms with Gasteiger partial charge in [-0.3, -0.25) is 4.79 Å². The summed E-state index contributed by atoms with van der Waals surface area (Å²) in [6.45, 7) is 7.37. The van der Waals surface area contributed by atoms with Crippen molar-refractivity contribution in [3.8, 4) is 6.07 Å². The van der Waals surface area contributed by atoms with E-state index >= 15 is 0 Å². The fourth-order valence-corrected chi connectivity index (χ4v) is 2.09. The molecule has 4 heteroatoms. The van der Waals surface area contributed by atoms with Crippen molar-refractivity contribution in [3.63, 3.8) is 0 Å². The van der Waals surface area contributed by atoms with Crippen LogP contribution in [-0.2, 0) is 9.53 Å². The maximum atomic E-state index is 11.8. The van der Waals surface area contributed by atoms with Crippen molar-refractivity contribution < 1.29 is 9.53 Å². The number of carbonyl (C=O) groups is 1. The number of rotatable bonds is 3. The van der Waals surface area contributed by atoms with Gasteiger partial charge in [0.05, 0.1) is 11.6 Å². The SMILES string of the molecule is CC(Sc1ccc(C#N)cc1)C(=O)OC(C)(C)C. The standard InChI is InChI=1S/C14H17NO2S/c1-10(13(16)17-14(2,3)4)18-12-7-5-11(9-15)6-8-12/h5-8,10H,1-4H3. The summed E-state index contributed by atoms with van der Waals surface area (Å²) in [4.78, 5) is 12.7. The van der Waals surface area contributed by atoms with Gasteiger partial charge in [-0.05, 0) is 52.0 Å². The van der Waals surface area contributed by atoms with E-state index < -0.39 is 5.60 Å². The average Bonchev–Trinajstić information content (AvgIpc) is 2.27. The van der Waals surface area contributed by atoms with Crippen molar-refractivity contribution in [1.29, 1.82) is 5.26 Å². The van der Waals surface area contributed by atoms with Gasteiger partial charge in [-0.2, -0.15) is 5.26 Å². The highest BCUT2D eigenvalue weighted by Crippen LogP contribution is 2.25. The Morgan fingerprint density at radius 3 is 2.33 bits per heavy atom. The van der Waals surface area contributed by atoms with Crippen LogP contribution in [0.3, 0.4) is 0 Å². The highest BCUT2D eigenvalue weighted by Gasteiger charge is 2.22. The largest absolute Gasteiger partial charge is 0.459 e.